The Hall–Kier alpha value is -3.19. The number of amides is 2. The third-order valence-corrected chi connectivity index (χ3v) is 5.66. The van der Waals surface area contributed by atoms with E-state index in [0.717, 1.165) is 12.8 Å². The second-order valence-corrected chi connectivity index (χ2v) is 7.58. The third kappa shape index (κ3) is 3.68. The molecule has 1 N–H and O–H groups in total. The van der Waals surface area contributed by atoms with Gasteiger partial charge in [0, 0.05) is 31.5 Å². The molecule has 1 atom stereocenters. The van der Waals surface area contributed by atoms with Crippen molar-refractivity contribution in [3.63, 3.8) is 0 Å². The molecule has 30 heavy (non-hydrogen) atoms. The van der Waals surface area contributed by atoms with E-state index >= 15 is 0 Å². The Morgan fingerprint density at radius 3 is 2.67 bits per heavy atom. The predicted octanol–water partition coefficient (Wildman–Crippen LogP) is 2.07. The molecule has 2 aliphatic heterocycles. The number of piperidine rings is 1. The van der Waals surface area contributed by atoms with Crippen LogP contribution in [0.4, 0.5) is 0 Å². The van der Waals surface area contributed by atoms with Crippen molar-refractivity contribution in [1.29, 1.82) is 0 Å². The Labute approximate surface area is 175 Å². The Morgan fingerprint density at radius 2 is 1.93 bits per heavy atom. The smallest absolute Gasteiger partial charge is 0.278 e. The van der Waals surface area contributed by atoms with Crippen LogP contribution in [0.2, 0.25) is 0 Å². The molecule has 2 aromatic rings. The van der Waals surface area contributed by atoms with E-state index in [1.54, 1.807) is 37.6 Å². The van der Waals surface area contributed by atoms with Crippen LogP contribution in [0.1, 0.15) is 24.1 Å². The van der Waals surface area contributed by atoms with Gasteiger partial charge in [0.15, 0.2) is 0 Å². The zero-order valence-electron chi connectivity index (χ0n) is 17.0. The molecule has 1 saturated heterocycles. The lowest BCUT2D eigenvalue weighted by molar-refractivity contribution is -0.138. The van der Waals surface area contributed by atoms with Crippen LogP contribution in [0.15, 0.2) is 54.4 Å². The number of nitrogens with zero attached hydrogens (tertiary/aromatic N) is 3. The number of hydrogen-bond donors (Lipinski definition) is 1. The van der Waals surface area contributed by atoms with Crippen LogP contribution < -0.4 is 4.74 Å². The number of aliphatic hydroxyl groups excluding tert-OH is 1. The number of likely N-dealkylation sites (tertiary alicyclic amines) is 1. The second kappa shape index (κ2) is 8.67. The molecule has 0 aliphatic carbocycles. The maximum absolute atomic E-state index is 13.5. The predicted molar refractivity (Wildman–Crippen MR) is 111 cm³/mol. The number of hydrogen-bond acceptors (Lipinski definition) is 6. The number of methoxy groups -OCH3 is 1. The molecule has 3 heterocycles. The molecule has 0 saturated carbocycles. The number of carbonyl (C=O) groups excluding carboxylic acids is 2. The summed E-state index contributed by atoms with van der Waals surface area (Å²) in [5, 5.41) is 9.65. The van der Waals surface area contributed by atoms with Gasteiger partial charge in [0.05, 0.1) is 24.9 Å². The first-order valence-electron chi connectivity index (χ1n) is 10.1. The van der Waals surface area contributed by atoms with E-state index < -0.39 is 0 Å². The van der Waals surface area contributed by atoms with E-state index in [4.69, 9.17) is 4.74 Å². The van der Waals surface area contributed by atoms with Crippen molar-refractivity contribution < 1.29 is 19.4 Å². The van der Waals surface area contributed by atoms with Gasteiger partial charge in [-0.25, -0.2) is 0 Å². The molecule has 0 bridgehead atoms. The van der Waals surface area contributed by atoms with Gasteiger partial charge in [0.1, 0.15) is 11.4 Å². The largest absolute Gasteiger partial charge is 0.496 e. The molecule has 1 aromatic heterocycles. The van der Waals surface area contributed by atoms with E-state index in [0.29, 0.717) is 41.4 Å². The van der Waals surface area contributed by atoms with E-state index in [2.05, 4.69) is 4.98 Å². The average molecular weight is 407 g/mol. The van der Waals surface area contributed by atoms with Crippen LogP contribution in [0.25, 0.3) is 5.57 Å². The molecule has 7 heteroatoms. The van der Waals surface area contributed by atoms with Gasteiger partial charge in [-0.1, -0.05) is 24.3 Å². The molecule has 7 nitrogen and oxygen atoms in total. The van der Waals surface area contributed by atoms with E-state index in [-0.39, 0.29) is 30.9 Å². The zero-order valence-corrected chi connectivity index (χ0v) is 17.0. The zero-order chi connectivity index (χ0) is 21.1. The van der Waals surface area contributed by atoms with Crippen molar-refractivity contribution >= 4 is 17.4 Å². The number of pyridine rings is 1. The highest BCUT2D eigenvalue weighted by molar-refractivity contribution is 6.35. The van der Waals surface area contributed by atoms with Gasteiger partial charge in [-0.05, 0) is 37.0 Å². The molecular formula is C23H25N3O4. The van der Waals surface area contributed by atoms with Gasteiger partial charge in [-0.3, -0.25) is 19.5 Å². The first-order chi connectivity index (χ1) is 14.6. The van der Waals surface area contributed by atoms with Crippen LogP contribution in [0, 0.1) is 5.92 Å². The van der Waals surface area contributed by atoms with Crippen LogP contribution in [-0.2, 0) is 16.1 Å². The molecule has 1 fully saturated rings. The van der Waals surface area contributed by atoms with Gasteiger partial charge in [-0.15, -0.1) is 0 Å². The lowest BCUT2D eigenvalue weighted by atomic mass is 9.96. The fourth-order valence-electron chi connectivity index (χ4n) is 4.16. The number of rotatable bonds is 6. The summed E-state index contributed by atoms with van der Waals surface area (Å²) >= 11 is 0. The minimum Gasteiger partial charge on any atom is -0.496 e. The number of aromatic nitrogens is 1. The lowest BCUT2D eigenvalue weighted by Crippen LogP contribution is -2.40. The van der Waals surface area contributed by atoms with Crippen LogP contribution >= 0.6 is 0 Å². The maximum atomic E-state index is 13.5. The quantitative estimate of drug-likeness (QED) is 0.739. The summed E-state index contributed by atoms with van der Waals surface area (Å²) in [5.41, 5.74) is 1.99. The van der Waals surface area contributed by atoms with Crippen molar-refractivity contribution in [3.05, 3.63) is 65.6 Å². The maximum Gasteiger partial charge on any atom is 0.278 e. The van der Waals surface area contributed by atoms with Gasteiger partial charge >= 0.3 is 0 Å². The Morgan fingerprint density at radius 1 is 1.13 bits per heavy atom. The molecule has 0 radical (unpaired) electrons. The van der Waals surface area contributed by atoms with Crippen LogP contribution in [0.5, 0.6) is 5.75 Å². The van der Waals surface area contributed by atoms with Crippen LogP contribution in [-0.4, -0.2) is 58.5 Å². The van der Waals surface area contributed by atoms with E-state index in [9.17, 15) is 14.7 Å². The van der Waals surface area contributed by atoms with Gasteiger partial charge < -0.3 is 14.7 Å². The normalized spacial score (nSPS) is 19.6. The highest BCUT2D eigenvalue weighted by atomic mass is 16.5. The van der Waals surface area contributed by atoms with Crippen molar-refractivity contribution in [3.8, 4) is 5.75 Å². The molecular weight excluding hydrogens is 382 g/mol. The number of carbonyl (C=O) groups is 2. The molecule has 4 rings (SSSR count). The van der Waals surface area contributed by atoms with Gasteiger partial charge in [0.25, 0.3) is 11.8 Å². The first-order valence-corrected chi connectivity index (χ1v) is 10.1. The van der Waals surface area contributed by atoms with Crippen molar-refractivity contribution in [2.45, 2.75) is 19.4 Å². The summed E-state index contributed by atoms with van der Waals surface area (Å²) in [6.07, 6.45) is 3.41. The Balaban J connectivity index is 1.78. The average Bonchev–Trinajstić information content (AvgIpc) is 3.04. The molecule has 1 unspecified atom stereocenters. The molecule has 0 spiro atoms. The monoisotopic (exact) mass is 407 g/mol. The van der Waals surface area contributed by atoms with Gasteiger partial charge in [0.2, 0.25) is 0 Å². The number of para-hydroxylation sites is 1. The molecule has 2 aliphatic rings. The third-order valence-electron chi connectivity index (χ3n) is 5.66. The highest BCUT2D eigenvalue weighted by Gasteiger charge is 2.43. The second-order valence-electron chi connectivity index (χ2n) is 7.58. The number of imide groups is 1. The minimum absolute atomic E-state index is 0.0631. The first kappa shape index (κ1) is 20.1. The van der Waals surface area contributed by atoms with Crippen LogP contribution in [0.3, 0.4) is 0 Å². The summed E-state index contributed by atoms with van der Waals surface area (Å²) in [7, 11) is 1.55. The summed E-state index contributed by atoms with van der Waals surface area (Å²) in [5.74, 6) is -0.0547. The van der Waals surface area contributed by atoms with E-state index in [1.165, 1.54) is 4.90 Å². The molecule has 2 amide bonds. The standard InChI is InChI=1S/C23H25N3O4/c1-30-19-10-3-2-9-18(19)20-21(25-12-6-7-16(13-25)15-27)23(29)26(22(20)28)14-17-8-4-5-11-24-17/h2-5,8-11,16,27H,6-7,12-15H2,1H3. The SMILES string of the molecule is COc1ccccc1C1=C(N2CCCC(CO)C2)C(=O)N(Cc2ccccn2)C1=O. The molecule has 1 aromatic carbocycles. The number of benzene rings is 1. The topological polar surface area (TPSA) is 83.0 Å². The fraction of sp³-hybridized carbons (Fsp3) is 0.348. The summed E-state index contributed by atoms with van der Waals surface area (Å²) in [4.78, 5) is 34.4. The Bertz CT molecular complexity index is 973. The lowest BCUT2D eigenvalue weighted by Gasteiger charge is -2.34. The summed E-state index contributed by atoms with van der Waals surface area (Å²) in [6, 6.07) is 12.7. The van der Waals surface area contributed by atoms with Crippen molar-refractivity contribution in [1.82, 2.24) is 14.8 Å². The van der Waals surface area contributed by atoms with Crippen molar-refractivity contribution in [2.24, 2.45) is 5.92 Å². The van der Waals surface area contributed by atoms with Crippen molar-refractivity contribution in [2.75, 3.05) is 26.8 Å². The van der Waals surface area contributed by atoms with Gasteiger partial charge in [-0.2, -0.15) is 0 Å². The van der Waals surface area contributed by atoms with E-state index in [1.807, 2.05) is 23.1 Å². The minimum atomic E-state index is -0.351. The fourth-order valence-corrected chi connectivity index (χ4v) is 4.16. The summed E-state index contributed by atoms with van der Waals surface area (Å²) < 4.78 is 5.49. The number of ether oxygens (including phenoxy) is 1. The Kier molecular flexibility index (Phi) is 5.81. The summed E-state index contributed by atoms with van der Waals surface area (Å²) in [6.45, 7) is 1.38. The number of aliphatic hydroxyl groups is 1. The highest BCUT2D eigenvalue weighted by Crippen LogP contribution is 2.38. The molecule has 156 valence electrons.